The van der Waals surface area contributed by atoms with E-state index in [1.54, 1.807) is 0 Å². The smallest absolute Gasteiger partial charge is 0.326 e. The second-order valence-electron chi connectivity index (χ2n) is 9.34. The Balaban J connectivity index is 3.07. The monoisotopic (exact) mass is 495 g/mol. The predicted octanol–water partition coefficient (Wildman–Crippen LogP) is -1.21. The van der Waals surface area contributed by atoms with E-state index in [2.05, 4.69) is 25.9 Å². The molecule has 0 aromatic carbocycles. The molecule has 4 amide bonds. The molecule has 1 aromatic rings. The number of imidazole rings is 1. The molecule has 0 aliphatic heterocycles. The maximum atomic E-state index is 13.1. The van der Waals surface area contributed by atoms with Gasteiger partial charge in [0.25, 0.3) is 0 Å². The van der Waals surface area contributed by atoms with Gasteiger partial charge in [-0.2, -0.15) is 0 Å². The van der Waals surface area contributed by atoms with Crippen molar-refractivity contribution in [2.75, 3.05) is 0 Å². The first-order valence-electron chi connectivity index (χ1n) is 11.4. The summed E-state index contributed by atoms with van der Waals surface area (Å²) in [6.45, 7) is 7.34. The van der Waals surface area contributed by atoms with Crippen molar-refractivity contribution in [3.63, 3.8) is 0 Å². The number of nitrogens with zero attached hydrogens (tertiary/aromatic N) is 1. The molecule has 0 aliphatic rings. The number of amides is 4. The first-order valence-corrected chi connectivity index (χ1v) is 11.4. The van der Waals surface area contributed by atoms with E-state index in [1.165, 1.54) is 12.5 Å². The maximum Gasteiger partial charge on any atom is 0.326 e. The van der Waals surface area contributed by atoms with E-state index in [-0.39, 0.29) is 37.5 Å². The van der Waals surface area contributed by atoms with Gasteiger partial charge in [0.1, 0.15) is 18.1 Å². The Kier molecular flexibility index (Phi) is 11.9. The van der Waals surface area contributed by atoms with Crippen LogP contribution in [0, 0.1) is 11.8 Å². The number of aromatic amines is 1. The Hall–Kier alpha value is -3.48. The van der Waals surface area contributed by atoms with Gasteiger partial charge in [-0.1, -0.05) is 27.7 Å². The molecule has 13 nitrogen and oxygen atoms in total. The fraction of sp³-hybridized carbons (Fsp3) is 0.636. The lowest BCUT2D eigenvalue weighted by Crippen LogP contribution is -2.58. The highest BCUT2D eigenvalue weighted by atomic mass is 16.4. The van der Waals surface area contributed by atoms with Crippen molar-refractivity contribution >= 4 is 29.6 Å². The molecule has 4 atom stereocenters. The number of carboxylic acid groups (broad SMARTS) is 1. The number of rotatable bonds is 15. The van der Waals surface area contributed by atoms with Crippen LogP contribution in [0.15, 0.2) is 12.5 Å². The van der Waals surface area contributed by atoms with Crippen molar-refractivity contribution < 1.29 is 29.1 Å². The zero-order valence-corrected chi connectivity index (χ0v) is 20.5. The van der Waals surface area contributed by atoms with Crippen LogP contribution in [0.2, 0.25) is 0 Å². The lowest BCUT2D eigenvalue weighted by Gasteiger charge is -2.26. The summed E-state index contributed by atoms with van der Waals surface area (Å²) in [6.07, 6.45) is 2.94. The molecule has 0 radical (unpaired) electrons. The summed E-state index contributed by atoms with van der Waals surface area (Å²) in [5.74, 6) is -4.04. The zero-order valence-electron chi connectivity index (χ0n) is 20.5. The van der Waals surface area contributed by atoms with Crippen molar-refractivity contribution in [2.45, 2.75) is 77.5 Å². The van der Waals surface area contributed by atoms with Gasteiger partial charge in [0.2, 0.25) is 23.6 Å². The van der Waals surface area contributed by atoms with Crippen LogP contribution in [0.4, 0.5) is 0 Å². The number of nitrogens with one attached hydrogen (secondary N) is 4. The summed E-state index contributed by atoms with van der Waals surface area (Å²) in [6, 6.07) is -4.57. The summed E-state index contributed by atoms with van der Waals surface area (Å²) in [5.41, 5.74) is 11.3. The number of carboxylic acids is 1. The molecular weight excluding hydrogens is 458 g/mol. The maximum absolute atomic E-state index is 13.1. The lowest BCUT2D eigenvalue weighted by atomic mass is 10.0. The molecule has 0 aliphatic carbocycles. The van der Waals surface area contributed by atoms with Gasteiger partial charge in [-0.3, -0.25) is 19.2 Å². The fourth-order valence-corrected chi connectivity index (χ4v) is 3.35. The average Bonchev–Trinajstić information content (AvgIpc) is 3.24. The molecule has 35 heavy (non-hydrogen) atoms. The molecule has 9 N–H and O–H groups in total. The van der Waals surface area contributed by atoms with Gasteiger partial charge in [-0.25, -0.2) is 9.78 Å². The molecule has 1 heterocycles. The molecule has 0 bridgehead atoms. The standard InChI is InChI=1S/C22H37N7O6/c1-11(2)5-15(27-19(31)14(23)8-18(24)30)20(32)28-16(7-13-9-25-10-26-13)21(33)29-17(22(34)35)6-12(3)4/h9-12,14-17H,5-8,23H2,1-4H3,(H2,24,30)(H,25,26)(H,27,31)(H,28,32)(H,29,33)(H,34,35). The van der Waals surface area contributed by atoms with E-state index in [9.17, 15) is 29.1 Å². The van der Waals surface area contributed by atoms with Gasteiger partial charge in [-0.05, 0) is 24.7 Å². The molecule has 0 saturated carbocycles. The van der Waals surface area contributed by atoms with Crippen LogP contribution in [-0.4, -0.2) is 68.8 Å². The SMILES string of the molecule is CC(C)CC(NC(=O)C(Cc1cnc[nH]1)NC(=O)C(CC(C)C)NC(=O)C(N)CC(N)=O)C(=O)O. The summed E-state index contributed by atoms with van der Waals surface area (Å²) in [7, 11) is 0. The number of carbonyl (C=O) groups is 5. The van der Waals surface area contributed by atoms with Crippen LogP contribution in [-0.2, 0) is 30.4 Å². The molecule has 4 unspecified atom stereocenters. The topological polar surface area (TPSA) is 222 Å². The molecule has 13 heteroatoms. The van der Waals surface area contributed by atoms with E-state index in [0.717, 1.165) is 0 Å². The number of hydrogen-bond acceptors (Lipinski definition) is 7. The number of primary amides is 1. The van der Waals surface area contributed by atoms with E-state index in [4.69, 9.17) is 11.5 Å². The van der Waals surface area contributed by atoms with Crippen LogP contribution in [0.25, 0.3) is 0 Å². The molecule has 1 aromatic heterocycles. The van der Waals surface area contributed by atoms with Gasteiger partial charge >= 0.3 is 5.97 Å². The van der Waals surface area contributed by atoms with Gasteiger partial charge in [0, 0.05) is 18.3 Å². The van der Waals surface area contributed by atoms with Gasteiger partial charge in [0.15, 0.2) is 0 Å². The largest absolute Gasteiger partial charge is 0.480 e. The first kappa shape index (κ1) is 29.6. The van der Waals surface area contributed by atoms with Gasteiger partial charge in [-0.15, -0.1) is 0 Å². The number of nitrogens with two attached hydrogens (primary N) is 2. The summed E-state index contributed by atoms with van der Waals surface area (Å²) in [4.78, 5) is 68.0. The molecular formula is C22H37N7O6. The van der Waals surface area contributed by atoms with Crippen LogP contribution < -0.4 is 27.4 Å². The quantitative estimate of drug-likeness (QED) is 0.156. The van der Waals surface area contributed by atoms with Crippen molar-refractivity contribution in [3.8, 4) is 0 Å². The highest BCUT2D eigenvalue weighted by Crippen LogP contribution is 2.09. The zero-order chi connectivity index (χ0) is 26.7. The third kappa shape index (κ3) is 11.0. The van der Waals surface area contributed by atoms with E-state index >= 15 is 0 Å². The number of H-pyrrole nitrogens is 1. The van der Waals surface area contributed by atoms with Gasteiger partial charge in [0.05, 0.1) is 18.8 Å². The van der Waals surface area contributed by atoms with E-state index < -0.39 is 53.8 Å². The minimum atomic E-state index is -1.23. The summed E-state index contributed by atoms with van der Waals surface area (Å²) < 4.78 is 0. The van der Waals surface area contributed by atoms with Crippen LogP contribution in [0.3, 0.4) is 0 Å². The van der Waals surface area contributed by atoms with Crippen molar-refractivity contribution in [3.05, 3.63) is 18.2 Å². The Morgan fingerprint density at radius 2 is 1.43 bits per heavy atom. The minimum absolute atomic E-state index is 0.00675. The molecule has 1 rings (SSSR count). The fourth-order valence-electron chi connectivity index (χ4n) is 3.35. The van der Waals surface area contributed by atoms with Crippen molar-refractivity contribution in [1.82, 2.24) is 25.9 Å². The first-order chi connectivity index (χ1) is 16.3. The average molecular weight is 496 g/mol. The second kappa shape index (κ2) is 14.0. The number of aromatic nitrogens is 2. The second-order valence-corrected chi connectivity index (χ2v) is 9.34. The Labute approximate surface area is 204 Å². The Bertz CT molecular complexity index is 872. The molecule has 196 valence electrons. The van der Waals surface area contributed by atoms with Crippen molar-refractivity contribution in [2.24, 2.45) is 23.3 Å². The Morgan fingerprint density at radius 1 is 0.914 bits per heavy atom. The third-order valence-corrected chi connectivity index (χ3v) is 5.03. The normalized spacial score (nSPS) is 14.6. The molecule has 0 saturated heterocycles. The van der Waals surface area contributed by atoms with Crippen LogP contribution in [0.5, 0.6) is 0 Å². The number of hydrogen-bond donors (Lipinski definition) is 7. The lowest BCUT2D eigenvalue weighted by molar-refractivity contribution is -0.142. The summed E-state index contributed by atoms with van der Waals surface area (Å²) in [5, 5.41) is 17.1. The van der Waals surface area contributed by atoms with Crippen molar-refractivity contribution in [1.29, 1.82) is 0 Å². The highest BCUT2D eigenvalue weighted by Gasteiger charge is 2.31. The van der Waals surface area contributed by atoms with E-state index in [1.807, 2.05) is 27.7 Å². The van der Waals surface area contributed by atoms with E-state index in [0.29, 0.717) is 5.69 Å². The molecule has 0 spiro atoms. The number of aliphatic carboxylic acids is 1. The van der Waals surface area contributed by atoms with Gasteiger partial charge < -0.3 is 37.5 Å². The third-order valence-electron chi connectivity index (χ3n) is 5.03. The molecule has 0 fully saturated rings. The highest BCUT2D eigenvalue weighted by molar-refractivity contribution is 5.95. The van der Waals surface area contributed by atoms with Crippen LogP contribution >= 0.6 is 0 Å². The van der Waals surface area contributed by atoms with Crippen LogP contribution in [0.1, 0.15) is 52.7 Å². The summed E-state index contributed by atoms with van der Waals surface area (Å²) >= 11 is 0. The predicted molar refractivity (Wildman–Crippen MR) is 126 cm³/mol. The minimum Gasteiger partial charge on any atom is -0.480 e. The Morgan fingerprint density at radius 3 is 1.91 bits per heavy atom. The number of carbonyl (C=O) groups excluding carboxylic acids is 4.